The van der Waals surface area contributed by atoms with Gasteiger partial charge in [0.05, 0.1) is 17.6 Å². The van der Waals surface area contributed by atoms with E-state index >= 15 is 0 Å². The van der Waals surface area contributed by atoms with Crippen molar-refractivity contribution >= 4 is 22.9 Å². The SMILES string of the molecule is Clc1ccc(CCNC2CCC3(CC2)OCCO3)s1. The Bertz CT molecular complexity index is 407. The van der Waals surface area contributed by atoms with E-state index in [0.29, 0.717) is 6.04 Å². The lowest BCUT2D eigenvalue weighted by Crippen LogP contribution is -2.42. The summed E-state index contributed by atoms with van der Waals surface area (Å²) in [6.07, 6.45) is 5.40. The summed E-state index contributed by atoms with van der Waals surface area (Å²) in [4.78, 5) is 1.35. The molecule has 2 heterocycles. The Balaban J connectivity index is 1.38. The molecule has 19 heavy (non-hydrogen) atoms. The lowest BCUT2D eigenvalue weighted by atomic mass is 9.90. The molecular weight excluding hydrogens is 282 g/mol. The third kappa shape index (κ3) is 3.50. The summed E-state index contributed by atoms with van der Waals surface area (Å²) < 4.78 is 12.4. The van der Waals surface area contributed by atoms with Gasteiger partial charge in [0, 0.05) is 30.3 Å². The first kappa shape index (κ1) is 13.8. The summed E-state index contributed by atoms with van der Waals surface area (Å²) >= 11 is 7.60. The number of thiophene rings is 1. The Kier molecular flexibility index (Phi) is 4.44. The third-order valence-electron chi connectivity index (χ3n) is 3.99. The summed E-state index contributed by atoms with van der Waals surface area (Å²) in [5.41, 5.74) is 0. The Morgan fingerprint density at radius 1 is 1.26 bits per heavy atom. The minimum Gasteiger partial charge on any atom is -0.348 e. The molecule has 1 aliphatic carbocycles. The van der Waals surface area contributed by atoms with Crippen LogP contribution in [0.1, 0.15) is 30.6 Å². The van der Waals surface area contributed by atoms with Gasteiger partial charge in [-0.2, -0.15) is 0 Å². The smallest absolute Gasteiger partial charge is 0.168 e. The Labute approximate surface area is 123 Å². The second-order valence-corrected chi connectivity index (χ2v) is 7.09. The van der Waals surface area contributed by atoms with Gasteiger partial charge in [-0.15, -0.1) is 11.3 Å². The Morgan fingerprint density at radius 3 is 2.63 bits per heavy atom. The third-order valence-corrected chi connectivity index (χ3v) is 5.29. The monoisotopic (exact) mass is 301 g/mol. The van der Waals surface area contributed by atoms with Crippen molar-refractivity contribution in [3.8, 4) is 0 Å². The predicted octanol–water partition coefficient (Wildman–Crippen LogP) is 3.22. The number of halogens is 1. The van der Waals surface area contributed by atoms with Crippen LogP contribution in [0.25, 0.3) is 0 Å². The molecule has 1 aliphatic heterocycles. The van der Waals surface area contributed by atoms with Crippen molar-refractivity contribution in [2.24, 2.45) is 0 Å². The molecule has 1 N–H and O–H groups in total. The van der Waals surface area contributed by atoms with Crippen LogP contribution in [0.4, 0.5) is 0 Å². The lowest BCUT2D eigenvalue weighted by Gasteiger charge is -2.35. The maximum Gasteiger partial charge on any atom is 0.168 e. The molecule has 0 bridgehead atoms. The van der Waals surface area contributed by atoms with Crippen molar-refractivity contribution in [2.45, 2.75) is 43.9 Å². The molecule has 0 amide bonds. The van der Waals surface area contributed by atoms with Gasteiger partial charge in [-0.25, -0.2) is 0 Å². The number of hydrogen-bond acceptors (Lipinski definition) is 4. The molecule has 0 atom stereocenters. The second kappa shape index (κ2) is 6.10. The van der Waals surface area contributed by atoms with Crippen molar-refractivity contribution in [2.75, 3.05) is 19.8 Å². The molecular formula is C14H20ClNO2S. The van der Waals surface area contributed by atoms with Crippen LogP contribution in [0.15, 0.2) is 12.1 Å². The quantitative estimate of drug-likeness (QED) is 0.926. The molecule has 2 fully saturated rings. The molecule has 1 aromatic heterocycles. The zero-order chi connectivity index (χ0) is 13.1. The Hall–Kier alpha value is -0.130. The van der Waals surface area contributed by atoms with Crippen LogP contribution in [0, 0.1) is 0 Å². The first-order valence-corrected chi connectivity index (χ1v) is 8.21. The standard InChI is InChI=1S/C14H20ClNO2S/c15-13-2-1-12(19-13)5-8-16-11-3-6-14(7-4-11)17-9-10-18-14/h1-2,11,16H,3-10H2. The fourth-order valence-electron chi connectivity index (χ4n) is 2.93. The van der Waals surface area contributed by atoms with Crippen molar-refractivity contribution < 1.29 is 9.47 Å². The highest BCUT2D eigenvalue weighted by Crippen LogP contribution is 2.35. The molecule has 0 radical (unpaired) electrons. The van der Waals surface area contributed by atoms with Crippen molar-refractivity contribution in [3.63, 3.8) is 0 Å². The second-order valence-electron chi connectivity index (χ2n) is 5.29. The van der Waals surface area contributed by atoms with Gasteiger partial charge in [-0.3, -0.25) is 0 Å². The maximum absolute atomic E-state index is 5.93. The number of hydrogen-bond donors (Lipinski definition) is 1. The molecule has 1 spiro atoms. The van der Waals surface area contributed by atoms with E-state index in [0.717, 1.165) is 56.2 Å². The lowest BCUT2D eigenvalue weighted by molar-refractivity contribution is -0.179. The van der Waals surface area contributed by atoms with Gasteiger partial charge in [-0.05, 0) is 31.4 Å². The number of nitrogens with one attached hydrogen (secondary N) is 1. The Morgan fingerprint density at radius 2 is 2.00 bits per heavy atom. The minimum atomic E-state index is -0.237. The van der Waals surface area contributed by atoms with Crippen molar-refractivity contribution in [1.29, 1.82) is 0 Å². The number of rotatable bonds is 4. The largest absolute Gasteiger partial charge is 0.348 e. The van der Waals surface area contributed by atoms with Gasteiger partial charge in [0.1, 0.15) is 0 Å². The van der Waals surface area contributed by atoms with Gasteiger partial charge in [0.2, 0.25) is 0 Å². The molecule has 0 aromatic carbocycles. The summed E-state index contributed by atoms with van der Waals surface area (Å²) in [6, 6.07) is 4.69. The zero-order valence-corrected chi connectivity index (χ0v) is 12.6. The van der Waals surface area contributed by atoms with E-state index in [2.05, 4.69) is 11.4 Å². The van der Waals surface area contributed by atoms with Crippen LogP contribution in [-0.4, -0.2) is 31.6 Å². The van der Waals surface area contributed by atoms with Crippen LogP contribution in [-0.2, 0) is 15.9 Å². The van der Waals surface area contributed by atoms with Crippen LogP contribution in [0.5, 0.6) is 0 Å². The molecule has 1 aromatic rings. The van der Waals surface area contributed by atoms with Crippen LogP contribution >= 0.6 is 22.9 Å². The summed E-state index contributed by atoms with van der Waals surface area (Å²) in [5.74, 6) is -0.237. The molecule has 3 nitrogen and oxygen atoms in total. The van der Waals surface area contributed by atoms with E-state index in [1.54, 1.807) is 11.3 Å². The molecule has 5 heteroatoms. The van der Waals surface area contributed by atoms with Crippen LogP contribution in [0.2, 0.25) is 4.34 Å². The number of ether oxygens (including phenoxy) is 2. The first-order chi connectivity index (χ1) is 9.26. The molecule has 0 unspecified atom stereocenters. The molecule has 3 rings (SSSR count). The van der Waals surface area contributed by atoms with E-state index < -0.39 is 0 Å². The highest BCUT2D eigenvalue weighted by molar-refractivity contribution is 7.16. The van der Waals surface area contributed by atoms with Gasteiger partial charge in [-0.1, -0.05) is 11.6 Å². The fourth-order valence-corrected chi connectivity index (χ4v) is 4.02. The van der Waals surface area contributed by atoms with Gasteiger partial charge >= 0.3 is 0 Å². The summed E-state index contributed by atoms with van der Waals surface area (Å²) in [7, 11) is 0. The minimum absolute atomic E-state index is 0.237. The average molecular weight is 302 g/mol. The van der Waals surface area contributed by atoms with E-state index in [1.165, 1.54) is 4.88 Å². The van der Waals surface area contributed by atoms with Crippen LogP contribution < -0.4 is 5.32 Å². The summed E-state index contributed by atoms with van der Waals surface area (Å²) in [5, 5.41) is 3.64. The van der Waals surface area contributed by atoms with E-state index in [4.69, 9.17) is 21.1 Å². The normalized spacial score (nSPS) is 23.2. The van der Waals surface area contributed by atoms with Crippen molar-refractivity contribution in [1.82, 2.24) is 5.32 Å². The van der Waals surface area contributed by atoms with E-state index in [1.807, 2.05) is 6.07 Å². The topological polar surface area (TPSA) is 30.5 Å². The van der Waals surface area contributed by atoms with Gasteiger partial charge in [0.15, 0.2) is 5.79 Å². The summed E-state index contributed by atoms with van der Waals surface area (Å²) in [6.45, 7) is 2.55. The molecule has 1 saturated heterocycles. The van der Waals surface area contributed by atoms with Crippen LogP contribution in [0.3, 0.4) is 0 Å². The highest BCUT2D eigenvalue weighted by Gasteiger charge is 2.39. The van der Waals surface area contributed by atoms with Crippen molar-refractivity contribution in [3.05, 3.63) is 21.3 Å². The van der Waals surface area contributed by atoms with E-state index in [-0.39, 0.29) is 5.79 Å². The molecule has 1 saturated carbocycles. The highest BCUT2D eigenvalue weighted by atomic mass is 35.5. The van der Waals surface area contributed by atoms with E-state index in [9.17, 15) is 0 Å². The maximum atomic E-state index is 5.93. The van der Waals surface area contributed by atoms with Gasteiger partial charge < -0.3 is 14.8 Å². The predicted molar refractivity (Wildman–Crippen MR) is 77.9 cm³/mol. The zero-order valence-electron chi connectivity index (χ0n) is 11.0. The average Bonchev–Trinajstić information content (AvgIpc) is 3.02. The van der Waals surface area contributed by atoms with Gasteiger partial charge in [0.25, 0.3) is 0 Å². The fraction of sp³-hybridized carbons (Fsp3) is 0.714. The molecule has 106 valence electrons. The first-order valence-electron chi connectivity index (χ1n) is 7.01. The molecule has 2 aliphatic rings.